The summed E-state index contributed by atoms with van der Waals surface area (Å²) in [6, 6.07) is 14.1. The van der Waals surface area contributed by atoms with Crippen LogP contribution in [0.5, 0.6) is 5.75 Å². The van der Waals surface area contributed by atoms with E-state index in [1.54, 1.807) is 13.2 Å². The average Bonchev–Trinajstić information content (AvgIpc) is 2.87. The Hall–Kier alpha value is -3.32. The Balaban J connectivity index is 1.70. The second-order valence-electron chi connectivity index (χ2n) is 8.82. The zero-order valence-electron chi connectivity index (χ0n) is 21.2. The Bertz CT molecular complexity index is 1170. The smallest absolute Gasteiger partial charge is 0.338 e. The summed E-state index contributed by atoms with van der Waals surface area (Å²) in [5, 5.41) is 7.13. The van der Waals surface area contributed by atoms with Gasteiger partial charge in [-0.25, -0.2) is 4.79 Å². The number of hydrogen-bond acceptors (Lipinski definition) is 6. The molecule has 7 heteroatoms. The van der Waals surface area contributed by atoms with Crippen molar-refractivity contribution in [3.63, 3.8) is 0 Å². The molecule has 188 valence electrons. The molecule has 2 aromatic carbocycles. The van der Waals surface area contributed by atoms with Gasteiger partial charge in [-0.2, -0.15) is 0 Å². The van der Waals surface area contributed by atoms with Gasteiger partial charge in [0.15, 0.2) is 0 Å². The number of ether oxygens (including phenoxy) is 1. The third-order valence-electron chi connectivity index (χ3n) is 6.19. The maximum absolute atomic E-state index is 12.9. The van der Waals surface area contributed by atoms with E-state index in [1.165, 1.54) is 38.2 Å². The number of nitrogens with zero attached hydrogens (tertiary/aromatic N) is 1. The fourth-order valence-electron chi connectivity index (χ4n) is 4.07. The molecule has 1 aromatic heterocycles. The normalized spacial score (nSPS) is 11.9. The monoisotopic (exact) mass is 479 g/mol. The van der Waals surface area contributed by atoms with Crippen molar-refractivity contribution in [1.29, 1.82) is 0 Å². The molecular formula is C28H37N3O4. The molecule has 0 aliphatic rings. The zero-order valence-corrected chi connectivity index (χ0v) is 21.2. The lowest BCUT2D eigenvalue weighted by molar-refractivity contribution is -0.117. The summed E-state index contributed by atoms with van der Waals surface area (Å²) in [4.78, 5) is 26.9. The number of methoxy groups -OCH3 is 1. The topological polar surface area (TPSA) is 83.8 Å². The fourth-order valence-corrected chi connectivity index (χ4v) is 4.07. The van der Waals surface area contributed by atoms with Crippen LogP contribution in [0.1, 0.15) is 52.4 Å². The molecule has 3 aromatic rings. The molecule has 1 atom stereocenters. The van der Waals surface area contributed by atoms with Crippen molar-refractivity contribution in [3.8, 4) is 5.75 Å². The van der Waals surface area contributed by atoms with Crippen LogP contribution in [-0.4, -0.2) is 32.7 Å². The van der Waals surface area contributed by atoms with E-state index in [9.17, 15) is 9.59 Å². The van der Waals surface area contributed by atoms with Crippen LogP contribution in [-0.2, 0) is 4.79 Å². The molecule has 2 N–H and O–H groups in total. The number of hydrogen-bond donors (Lipinski definition) is 2. The van der Waals surface area contributed by atoms with Crippen molar-refractivity contribution < 1.29 is 13.9 Å². The van der Waals surface area contributed by atoms with Crippen LogP contribution in [0.2, 0.25) is 0 Å². The van der Waals surface area contributed by atoms with Crippen molar-refractivity contribution in [1.82, 2.24) is 5.32 Å². The summed E-state index contributed by atoms with van der Waals surface area (Å²) in [5.74, 6) is 0.441. The predicted molar refractivity (Wildman–Crippen MR) is 143 cm³/mol. The van der Waals surface area contributed by atoms with Crippen LogP contribution in [0.15, 0.2) is 57.7 Å². The van der Waals surface area contributed by atoms with E-state index < -0.39 is 5.63 Å². The van der Waals surface area contributed by atoms with Gasteiger partial charge in [0.1, 0.15) is 11.3 Å². The zero-order chi connectivity index (χ0) is 25.2. The first-order valence-electron chi connectivity index (χ1n) is 12.4. The standard InChI is InChI=1S/C28H37N3O4/c1-5-6-7-8-9-12-17-29-20(2)28(33)30-23-18-21(15-16-26(23)34-4)31(3)24-19-27(32)35-25-14-11-10-13-22(24)25/h10-11,13-16,18-20,29H,5-9,12,17H2,1-4H3,(H,30,33)/t20-/m0/s1. The molecule has 0 fully saturated rings. The van der Waals surface area contributed by atoms with Gasteiger partial charge in [-0.15, -0.1) is 0 Å². The molecule has 0 unspecified atom stereocenters. The number of para-hydroxylation sites is 1. The minimum atomic E-state index is -0.419. The Labute approximate surface area is 207 Å². The van der Waals surface area contributed by atoms with Gasteiger partial charge in [-0.3, -0.25) is 4.79 Å². The molecule has 7 nitrogen and oxygen atoms in total. The summed E-state index contributed by atoms with van der Waals surface area (Å²) in [7, 11) is 3.45. The largest absolute Gasteiger partial charge is 0.495 e. The first-order valence-corrected chi connectivity index (χ1v) is 12.4. The summed E-state index contributed by atoms with van der Waals surface area (Å²) in [5.41, 5.74) is 2.19. The third kappa shape index (κ3) is 7.09. The molecule has 0 radical (unpaired) electrons. The molecule has 35 heavy (non-hydrogen) atoms. The van der Waals surface area contributed by atoms with E-state index in [-0.39, 0.29) is 11.9 Å². The van der Waals surface area contributed by atoms with E-state index in [4.69, 9.17) is 9.15 Å². The number of nitrogens with one attached hydrogen (secondary N) is 2. The lowest BCUT2D eigenvalue weighted by Crippen LogP contribution is -2.38. The molecule has 0 saturated carbocycles. The van der Waals surface area contributed by atoms with Crippen molar-refractivity contribution in [2.75, 3.05) is 30.9 Å². The number of benzene rings is 2. The number of fused-ring (bicyclic) bond motifs is 1. The van der Waals surface area contributed by atoms with Gasteiger partial charge in [0, 0.05) is 24.2 Å². The molecule has 1 amide bonds. The molecule has 0 spiro atoms. The molecular weight excluding hydrogens is 442 g/mol. The van der Waals surface area contributed by atoms with Gasteiger partial charge >= 0.3 is 5.63 Å². The van der Waals surface area contributed by atoms with Crippen LogP contribution >= 0.6 is 0 Å². The number of rotatable bonds is 13. The second-order valence-corrected chi connectivity index (χ2v) is 8.82. The quantitative estimate of drug-likeness (QED) is 0.236. The molecule has 0 bridgehead atoms. The van der Waals surface area contributed by atoms with Crippen molar-refractivity contribution in [2.24, 2.45) is 0 Å². The summed E-state index contributed by atoms with van der Waals surface area (Å²) < 4.78 is 10.8. The van der Waals surface area contributed by atoms with E-state index in [0.717, 1.165) is 24.0 Å². The second kappa shape index (κ2) is 13.0. The summed E-state index contributed by atoms with van der Waals surface area (Å²) >= 11 is 0. The van der Waals surface area contributed by atoms with Gasteiger partial charge < -0.3 is 24.7 Å². The van der Waals surface area contributed by atoms with Gasteiger partial charge in [0.2, 0.25) is 5.91 Å². The maximum Gasteiger partial charge on any atom is 0.338 e. The minimum absolute atomic E-state index is 0.125. The van der Waals surface area contributed by atoms with E-state index in [0.29, 0.717) is 22.7 Å². The van der Waals surface area contributed by atoms with Gasteiger partial charge in [0.05, 0.1) is 24.5 Å². The number of anilines is 3. The van der Waals surface area contributed by atoms with Crippen LogP contribution in [0.4, 0.5) is 17.1 Å². The molecule has 3 rings (SSSR count). The Morgan fingerprint density at radius 2 is 1.80 bits per heavy atom. The number of carbonyl (C=O) groups is 1. The Kier molecular flexibility index (Phi) is 9.73. The lowest BCUT2D eigenvalue weighted by atomic mass is 10.1. The molecule has 0 saturated heterocycles. The van der Waals surface area contributed by atoms with Crippen molar-refractivity contribution >= 4 is 33.9 Å². The predicted octanol–water partition coefficient (Wildman–Crippen LogP) is 5.85. The summed E-state index contributed by atoms with van der Waals surface area (Å²) in [6.07, 6.45) is 7.29. The highest BCUT2D eigenvalue weighted by Gasteiger charge is 2.17. The van der Waals surface area contributed by atoms with Crippen molar-refractivity contribution in [2.45, 2.75) is 58.4 Å². The average molecular weight is 480 g/mol. The van der Waals surface area contributed by atoms with Gasteiger partial charge in [-0.05, 0) is 50.2 Å². The SMILES string of the molecule is CCCCCCCCN[C@@H](C)C(=O)Nc1cc(N(C)c2cc(=O)oc3ccccc23)ccc1OC. The Morgan fingerprint density at radius 3 is 2.57 bits per heavy atom. The highest BCUT2D eigenvalue weighted by atomic mass is 16.5. The number of carbonyl (C=O) groups excluding carboxylic acids is 1. The van der Waals surface area contributed by atoms with Crippen LogP contribution in [0, 0.1) is 0 Å². The maximum atomic E-state index is 12.9. The van der Waals surface area contributed by atoms with Crippen LogP contribution < -0.4 is 25.9 Å². The number of amides is 1. The minimum Gasteiger partial charge on any atom is -0.495 e. The fraction of sp³-hybridized carbons (Fsp3) is 0.429. The number of unbranched alkanes of at least 4 members (excludes halogenated alkanes) is 5. The van der Waals surface area contributed by atoms with Crippen LogP contribution in [0.25, 0.3) is 11.0 Å². The molecule has 1 heterocycles. The lowest BCUT2D eigenvalue weighted by Gasteiger charge is -2.23. The third-order valence-corrected chi connectivity index (χ3v) is 6.19. The van der Waals surface area contributed by atoms with E-state index in [1.807, 2.05) is 55.3 Å². The van der Waals surface area contributed by atoms with E-state index in [2.05, 4.69) is 17.6 Å². The van der Waals surface area contributed by atoms with Gasteiger partial charge in [0.25, 0.3) is 0 Å². The molecule has 0 aliphatic carbocycles. The first kappa shape index (κ1) is 26.3. The van der Waals surface area contributed by atoms with Crippen LogP contribution in [0.3, 0.4) is 0 Å². The highest BCUT2D eigenvalue weighted by molar-refractivity contribution is 5.97. The van der Waals surface area contributed by atoms with E-state index >= 15 is 0 Å². The first-order chi connectivity index (χ1) is 16.9. The molecule has 0 aliphatic heterocycles. The summed E-state index contributed by atoms with van der Waals surface area (Å²) in [6.45, 7) is 4.89. The van der Waals surface area contributed by atoms with Gasteiger partial charge in [-0.1, -0.05) is 51.2 Å². The highest BCUT2D eigenvalue weighted by Crippen LogP contribution is 2.34. The Morgan fingerprint density at radius 1 is 1.06 bits per heavy atom. The van der Waals surface area contributed by atoms with Crippen molar-refractivity contribution in [3.05, 3.63) is 59.0 Å².